The van der Waals surface area contributed by atoms with Gasteiger partial charge in [0.15, 0.2) is 0 Å². The third-order valence-electron chi connectivity index (χ3n) is 4.29. The van der Waals surface area contributed by atoms with Crippen molar-refractivity contribution in [2.45, 2.75) is 32.2 Å². The van der Waals surface area contributed by atoms with E-state index >= 15 is 0 Å². The Kier molecular flexibility index (Phi) is 5.52. The van der Waals surface area contributed by atoms with E-state index in [-0.39, 0.29) is 0 Å². The standard InChI is InChI=1S/C20H21BrN4O/c1-13(2)14-3-5-15(6-4-14)19(20(22)26)18-9-10-25(24-18)12-17-8-7-16(21)11-23-17/h3-11,13,19H,12H2,1-2H3,(H2,22,26). The zero-order valence-corrected chi connectivity index (χ0v) is 16.3. The van der Waals surface area contributed by atoms with Crippen molar-refractivity contribution in [3.8, 4) is 0 Å². The molecular weight excluding hydrogens is 392 g/mol. The molecule has 1 amide bonds. The highest BCUT2D eigenvalue weighted by atomic mass is 79.9. The highest BCUT2D eigenvalue weighted by Crippen LogP contribution is 2.25. The Morgan fingerprint density at radius 3 is 2.38 bits per heavy atom. The Hall–Kier alpha value is -2.47. The molecule has 1 aromatic carbocycles. The SMILES string of the molecule is CC(C)c1ccc(C(C(N)=O)c2ccn(Cc3ccc(Br)cn3)n2)cc1. The number of nitrogens with zero attached hydrogens (tertiary/aromatic N) is 3. The van der Waals surface area contributed by atoms with Crippen LogP contribution < -0.4 is 5.73 Å². The number of nitrogens with two attached hydrogens (primary N) is 1. The Morgan fingerprint density at radius 1 is 1.12 bits per heavy atom. The normalized spacial score (nSPS) is 12.3. The molecule has 3 rings (SSSR count). The molecule has 0 fully saturated rings. The Morgan fingerprint density at radius 2 is 1.81 bits per heavy atom. The second-order valence-electron chi connectivity index (χ2n) is 6.56. The van der Waals surface area contributed by atoms with Gasteiger partial charge in [0.2, 0.25) is 5.91 Å². The molecular formula is C20H21BrN4O. The largest absolute Gasteiger partial charge is 0.369 e. The molecule has 0 aliphatic carbocycles. The molecule has 0 radical (unpaired) electrons. The molecule has 0 spiro atoms. The second-order valence-corrected chi connectivity index (χ2v) is 7.48. The van der Waals surface area contributed by atoms with Crippen LogP contribution in [0.2, 0.25) is 0 Å². The lowest BCUT2D eigenvalue weighted by Gasteiger charge is -2.13. The number of rotatable bonds is 6. The van der Waals surface area contributed by atoms with Crippen molar-refractivity contribution in [2.24, 2.45) is 5.73 Å². The fourth-order valence-corrected chi connectivity index (χ4v) is 3.07. The van der Waals surface area contributed by atoms with Crippen molar-refractivity contribution in [3.63, 3.8) is 0 Å². The van der Waals surface area contributed by atoms with Crippen LogP contribution in [0.25, 0.3) is 0 Å². The van der Waals surface area contributed by atoms with Crippen LogP contribution in [0.15, 0.2) is 59.3 Å². The van der Waals surface area contributed by atoms with Gasteiger partial charge in [-0.1, -0.05) is 38.1 Å². The average Bonchev–Trinajstić information content (AvgIpc) is 3.05. The van der Waals surface area contributed by atoms with Crippen LogP contribution in [0.5, 0.6) is 0 Å². The zero-order chi connectivity index (χ0) is 18.7. The van der Waals surface area contributed by atoms with Crippen LogP contribution in [0.3, 0.4) is 0 Å². The van der Waals surface area contributed by atoms with Crippen molar-refractivity contribution >= 4 is 21.8 Å². The smallest absolute Gasteiger partial charge is 0.231 e. The van der Waals surface area contributed by atoms with E-state index in [1.54, 1.807) is 10.9 Å². The first-order valence-electron chi connectivity index (χ1n) is 8.47. The first-order chi connectivity index (χ1) is 12.4. The van der Waals surface area contributed by atoms with E-state index in [1.165, 1.54) is 5.56 Å². The van der Waals surface area contributed by atoms with E-state index in [1.807, 2.05) is 48.7 Å². The van der Waals surface area contributed by atoms with Gasteiger partial charge in [-0.05, 0) is 51.2 Å². The van der Waals surface area contributed by atoms with Gasteiger partial charge in [-0.15, -0.1) is 0 Å². The van der Waals surface area contributed by atoms with E-state index in [2.05, 4.69) is 39.9 Å². The van der Waals surface area contributed by atoms with Crippen molar-refractivity contribution in [2.75, 3.05) is 0 Å². The van der Waals surface area contributed by atoms with Crippen LogP contribution in [0.4, 0.5) is 0 Å². The Labute approximate surface area is 161 Å². The number of halogens is 1. The zero-order valence-electron chi connectivity index (χ0n) is 14.8. The molecule has 134 valence electrons. The fourth-order valence-electron chi connectivity index (χ4n) is 2.84. The average molecular weight is 413 g/mol. The summed E-state index contributed by atoms with van der Waals surface area (Å²) in [7, 11) is 0. The first-order valence-corrected chi connectivity index (χ1v) is 9.26. The molecule has 0 aliphatic rings. The number of hydrogen-bond donors (Lipinski definition) is 1. The topological polar surface area (TPSA) is 73.8 Å². The fraction of sp³-hybridized carbons (Fsp3) is 0.250. The minimum absolute atomic E-state index is 0.408. The molecule has 2 heterocycles. The summed E-state index contributed by atoms with van der Waals surface area (Å²) in [6.45, 7) is 4.81. The number of hydrogen-bond acceptors (Lipinski definition) is 3. The number of primary amides is 1. The second kappa shape index (κ2) is 7.83. The molecule has 0 saturated heterocycles. The van der Waals surface area contributed by atoms with Gasteiger partial charge in [-0.25, -0.2) is 0 Å². The molecule has 1 atom stereocenters. The lowest BCUT2D eigenvalue weighted by molar-refractivity contribution is -0.118. The molecule has 2 aromatic heterocycles. The highest BCUT2D eigenvalue weighted by molar-refractivity contribution is 9.10. The maximum absolute atomic E-state index is 12.1. The molecule has 3 aromatic rings. The number of amides is 1. The highest BCUT2D eigenvalue weighted by Gasteiger charge is 2.23. The van der Waals surface area contributed by atoms with Gasteiger partial charge in [0, 0.05) is 16.9 Å². The quantitative estimate of drug-likeness (QED) is 0.668. The number of carbonyl (C=O) groups is 1. The maximum atomic E-state index is 12.1. The Bertz CT molecular complexity index is 885. The first kappa shape index (κ1) is 18.3. The van der Waals surface area contributed by atoms with E-state index in [0.717, 1.165) is 15.7 Å². The molecule has 6 heteroatoms. The molecule has 0 saturated carbocycles. The monoisotopic (exact) mass is 412 g/mol. The molecule has 26 heavy (non-hydrogen) atoms. The summed E-state index contributed by atoms with van der Waals surface area (Å²) < 4.78 is 2.70. The summed E-state index contributed by atoms with van der Waals surface area (Å²) in [6, 6.07) is 13.7. The molecule has 0 aliphatic heterocycles. The van der Waals surface area contributed by atoms with Crippen molar-refractivity contribution < 1.29 is 4.79 Å². The molecule has 0 bridgehead atoms. The van der Waals surface area contributed by atoms with Gasteiger partial charge in [0.1, 0.15) is 5.92 Å². The van der Waals surface area contributed by atoms with E-state index < -0.39 is 11.8 Å². The lowest BCUT2D eigenvalue weighted by atomic mass is 9.92. The van der Waals surface area contributed by atoms with Gasteiger partial charge in [0.25, 0.3) is 0 Å². The van der Waals surface area contributed by atoms with Gasteiger partial charge < -0.3 is 5.73 Å². The van der Waals surface area contributed by atoms with Crippen LogP contribution in [-0.2, 0) is 11.3 Å². The van der Waals surface area contributed by atoms with Crippen LogP contribution >= 0.6 is 15.9 Å². The van der Waals surface area contributed by atoms with Gasteiger partial charge in [0.05, 0.1) is 17.9 Å². The minimum atomic E-state index is -0.560. The predicted octanol–water partition coefficient (Wildman–Crippen LogP) is 3.83. The lowest BCUT2D eigenvalue weighted by Crippen LogP contribution is -2.23. The number of pyridine rings is 1. The number of benzene rings is 1. The van der Waals surface area contributed by atoms with Gasteiger partial charge in [-0.3, -0.25) is 14.5 Å². The minimum Gasteiger partial charge on any atom is -0.369 e. The van der Waals surface area contributed by atoms with Crippen LogP contribution in [0, 0.1) is 0 Å². The number of aromatic nitrogens is 3. The van der Waals surface area contributed by atoms with Gasteiger partial charge >= 0.3 is 0 Å². The summed E-state index contributed by atoms with van der Waals surface area (Å²) in [5.74, 6) is -0.529. The van der Waals surface area contributed by atoms with Crippen molar-refractivity contribution in [1.82, 2.24) is 14.8 Å². The summed E-state index contributed by atoms with van der Waals surface area (Å²) in [5.41, 5.74) is 9.29. The van der Waals surface area contributed by atoms with Crippen LogP contribution in [-0.4, -0.2) is 20.7 Å². The third kappa shape index (κ3) is 4.19. The van der Waals surface area contributed by atoms with Crippen LogP contribution in [0.1, 0.15) is 48.2 Å². The number of carbonyl (C=O) groups excluding carboxylic acids is 1. The third-order valence-corrected chi connectivity index (χ3v) is 4.76. The van der Waals surface area contributed by atoms with Gasteiger partial charge in [-0.2, -0.15) is 5.10 Å². The molecule has 2 N–H and O–H groups in total. The molecule has 1 unspecified atom stereocenters. The summed E-state index contributed by atoms with van der Waals surface area (Å²) in [4.78, 5) is 16.4. The molecule has 5 nitrogen and oxygen atoms in total. The Balaban J connectivity index is 1.83. The van der Waals surface area contributed by atoms with Crippen molar-refractivity contribution in [1.29, 1.82) is 0 Å². The van der Waals surface area contributed by atoms with E-state index in [0.29, 0.717) is 18.2 Å². The summed E-state index contributed by atoms with van der Waals surface area (Å²) in [5, 5.41) is 4.55. The van der Waals surface area contributed by atoms with Crippen molar-refractivity contribution in [3.05, 3.63) is 81.8 Å². The van der Waals surface area contributed by atoms with E-state index in [4.69, 9.17) is 5.73 Å². The predicted molar refractivity (Wildman–Crippen MR) is 105 cm³/mol. The van der Waals surface area contributed by atoms with E-state index in [9.17, 15) is 4.79 Å². The summed E-state index contributed by atoms with van der Waals surface area (Å²) >= 11 is 3.37. The summed E-state index contributed by atoms with van der Waals surface area (Å²) in [6.07, 6.45) is 3.60. The maximum Gasteiger partial charge on any atom is 0.231 e.